The predicted octanol–water partition coefficient (Wildman–Crippen LogP) is 0.0952. The summed E-state index contributed by atoms with van der Waals surface area (Å²) in [6.07, 6.45) is 3.76. The smallest absolute Gasteiger partial charge is 0.326 e. The van der Waals surface area contributed by atoms with Crippen LogP contribution in [0.4, 0.5) is 0 Å². The fourth-order valence-electron chi connectivity index (χ4n) is 2.40. The molecule has 102 valence electrons. The second-order valence-electron chi connectivity index (χ2n) is 4.70. The first kappa shape index (κ1) is 13.3. The molecule has 1 aliphatic heterocycles. The first-order valence-electron chi connectivity index (χ1n) is 6.09. The quantitative estimate of drug-likeness (QED) is 0.789. The molecule has 0 spiro atoms. The summed E-state index contributed by atoms with van der Waals surface area (Å²) < 4.78 is 0. The number of amides is 1. The molecule has 0 bridgehead atoms. The van der Waals surface area contributed by atoms with E-state index in [2.05, 4.69) is 9.97 Å². The lowest BCUT2D eigenvalue weighted by Crippen LogP contribution is -2.52. The number of nitrogens with zero attached hydrogens (tertiary/aromatic N) is 2. The number of rotatable bonds is 2. The number of carbonyl (C=O) groups is 2. The molecule has 1 aromatic heterocycles. The third-order valence-corrected chi connectivity index (χ3v) is 3.34. The van der Waals surface area contributed by atoms with Crippen LogP contribution in [-0.4, -0.2) is 44.4 Å². The number of carbonyl (C=O) groups excluding carboxylic acids is 1. The maximum Gasteiger partial charge on any atom is 0.326 e. The summed E-state index contributed by atoms with van der Waals surface area (Å²) in [7, 11) is 0. The van der Waals surface area contributed by atoms with Gasteiger partial charge in [0.2, 0.25) is 0 Å². The third kappa shape index (κ3) is 2.64. The van der Waals surface area contributed by atoms with E-state index in [4.69, 9.17) is 0 Å². The minimum atomic E-state index is -1.01. The van der Waals surface area contributed by atoms with Gasteiger partial charge in [0.1, 0.15) is 11.7 Å². The van der Waals surface area contributed by atoms with Crippen LogP contribution in [0.1, 0.15) is 30.3 Å². The Kier molecular flexibility index (Phi) is 3.64. The van der Waals surface area contributed by atoms with Crippen molar-refractivity contribution in [2.24, 2.45) is 5.92 Å². The second-order valence-corrected chi connectivity index (χ2v) is 4.70. The Morgan fingerprint density at radius 2 is 2.26 bits per heavy atom. The summed E-state index contributed by atoms with van der Waals surface area (Å²) in [5.74, 6) is -1.57. The molecule has 2 N–H and O–H groups in total. The van der Waals surface area contributed by atoms with Gasteiger partial charge in [0.15, 0.2) is 0 Å². The number of carboxylic acid groups (broad SMARTS) is 1. The zero-order chi connectivity index (χ0) is 14.0. The van der Waals surface area contributed by atoms with Gasteiger partial charge in [0.25, 0.3) is 11.5 Å². The van der Waals surface area contributed by atoms with Gasteiger partial charge >= 0.3 is 5.97 Å². The molecule has 0 saturated carbocycles. The van der Waals surface area contributed by atoms with Crippen molar-refractivity contribution in [1.29, 1.82) is 0 Å². The molecule has 7 nitrogen and oxygen atoms in total. The van der Waals surface area contributed by atoms with Gasteiger partial charge < -0.3 is 15.0 Å². The summed E-state index contributed by atoms with van der Waals surface area (Å²) >= 11 is 0. The fourth-order valence-corrected chi connectivity index (χ4v) is 2.40. The van der Waals surface area contributed by atoms with Crippen LogP contribution < -0.4 is 5.56 Å². The number of hydrogen-bond donors (Lipinski definition) is 2. The van der Waals surface area contributed by atoms with Crippen molar-refractivity contribution in [3.8, 4) is 0 Å². The molecule has 2 unspecified atom stereocenters. The van der Waals surface area contributed by atoms with Crippen molar-refractivity contribution in [2.45, 2.75) is 25.8 Å². The molecule has 1 fully saturated rings. The lowest BCUT2D eigenvalue weighted by Gasteiger charge is -2.36. The maximum absolute atomic E-state index is 12.2. The van der Waals surface area contributed by atoms with Crippen molar-refractivity contribution >= 4 is 11.9 Å². The van der Waals surface area contributed by atoms with Crippen LogP contribution in [0.3, 0.4) is 0 Å². The Bertz CT molecular complexity index is 534. The minimum absolute atomic E-state index is 0.0555. The van der Waals surface area contributed by atoms with Gasteiger partial charge in [-0.2, -0.15) is 0 Å². The van der Waals surface area contributed by atoms with Gasteiger partial charge in [0.05, 0.1) is 6.20 Å². The molecule has 1 amide bonds. The number of nitrogens with one attached hydrogen (secondary N) is 1. The zero-order valence-electron chi connectivity index (χ0n) is 10.5. The summed E-state index contributed by atoms with van der Waals surface area (Å²) in [6, 6.07) is -0.838. The van der Waals surface area contributed by atoms with E-state index in [-0.39, 0.29) is 11.6 Å². The van der Waals surface area contributed by atoms with Gasteiger partial charge in [-0.1, -0.05) is 6.92 Å². The topological polar surface area (TPSA) is 103 Å². The highest BCUT2D eigenvalue weighted by Gasteiger charge is 2.37. The van der Waals surface area contributed by atoms with Crippen LogP contribution in [0.15, 0.2) is 17.2 Å². The molecule has 0 radical (unpaired) electrons. The Morgan fingerprint density at radius 1 is 1.53 bits per heavy atom. The monoisotopic (exact) mass is 265 g/mol. The van der Waals surface area contributed by atoms with E-state index in [9.17, 15) is 19.5 Å². The Hall–Kier alpha value is -2.18. The summed E-state index contributed by atoms with van der Waals surface area (Å²) in [4.78, 5) is 41.9. The lowest BCUT2D eigenvalue weighted by atomic mass is 9.90. The van der Waals surface area contributed by atoms with E-state index in [0.717, 1.165) is 19.0 Å². The number of aromatic amines is 1. The Morgan fingerprint density at radius 3 is 2.84 bits per heavy atom. The van der Waals surface area contributed by atoms with Crippen molar-refractivity contribution < 1.29 is 14.7 Å². The van der Waals surface area contributed by atoms with Crippen LogP contribution in [-0.2, 0) is 4.79 Å². The van der Waals surface area contributed by atoms with Crippen LogP contribution in [0, 0.1) is 5.92 Å². The van der Waals surface area contributed by atoms with Gasteiger partial charge in [0, 0.05) is 12.7 Å². The first-order valence-corrected chi connectivity index (χ1v) is 6.09. The van der Waals surface area contributed by atoms with Gasteiger partial charge in [-0.25, -0.2) is 9.78 Å². The number of aromatic nitrogens is 2. The van der Waals surface area contributed by atoms with E-state index in [1.54, 1.807) is 0 Å². The van der Waals surface area contributed by atoms with Crippen LogP contribution in [0.2, 0.25) is 0 Å². The zero-order valence-corrected chi connectivity index (χ0v) is 10.5. The Balaban J connectivity index is 2.27. The minimum Gasteiger partial charge on any atom is -0.480 e. The molecule has 2 heterocycles. The normalized spacial score (nSPS) is 23.1. The van der Waals surface area contributed by atoms with Gasteiger partial charge in [-0.3, -0.25) is 9.59 Å². The maximum atomic E-state index is 12.2. The molecular weight excluding hydrogens is 250 g/mol. The van der Waals surface area contributed by atoms with E-state index >= 15 is 0 Å². The van der Waals surface area contributed by atoms with E-state index in [1.807, 2.05) is 6.92 Å². The highest BCUT2D eigenvalue weighted by molar-refractivity contribution is 5.94. The Labute approximate surface area is 109 Å². The average Bonchev–Trinajstić information content (AvgIpc) is 2.38. The number of H-pyrrole nitrogens is 1. The number of piperidine rings is 1. The molecule has 1 aromatic rings. The summed E-state index contributed by atoms with van der Waals surface area (Å²) in [6.45, 7) is 2.21. The summed E-state index contributed by atoms with van der Waals surface area (Å²) in [5, 5.41) is 9.25. The van der Waals surface area contributed by atoms with E-state index in [1.165, 1.54) is 11.1 Å². The number of carboxylic acids is 1. The molecule has 2 atom stereocenters. The lowest BCUT2D eigenvalue weighted by molar-refractivity contribution is -0.145. The van der Waals surface area contributed by atoms with Gasteiger partial charge in [-0.05, 0) is 18.8 Å². The highest BCUT2D eigenvalue weighted by Crippen LogP contribution is 2.24. The highest BCUT2D eigenvalue weighted by atomic mass is 16.4. The molecule has 2 rings (SSSR count). The van der Waals surface area contributed by atoms with Crippen LogP contribution in [0.25, 0.3) is 0 Å². The molecule has 19 heavy (non-hydrogen) atoms. The summed E-state index contributed by atoms with van der Waals surface area (Å²) in [5.41, 5.74) is -0.349. The molecule has 7 heteroatoms. The fraction of sp³-hybridized carbons (Fsp3) is 0.500. The van der Waals surface area contributed by atoms with E-state index in [0.29, 0.717) is 6.54 Å². The molecular formula is C12H15N3O4. The van der Waals surface area contributed by atoms with Crippen molar-refractivity contribution in [3.63, 3.8) is 0 Å². The number of likely N-dealkylation sites (tertiary alicyclic amines) is 1. The third-order valence-electron chi connectivity index (χ3n) is 3.34. The van der Waals surface area contributed by atoms with Crippen molar-refractivity contribution in [1.82, 2.24) is 14.9 Å². The van der Waals surface area contributed by atoms with Gasteiger partial charge in [-0.15, -0.1) is 0 Å². The molecule has 0 aliphatic carbocycles. The van der Waals surface area contributed by atoms with Crippen molar-refractivity contribution in [3.05, 3.63) is 28.4 Å². The molecule has 1 saturated heterocycles. The molecule has 0 aromatic carbocycles. The largest absolute Gasteiger partial charge is 0.480 e. The standard InChI is InChI=1S/C12H15N3O4/c1-7-3-2-4-15(10(7)12(18)19)11(17)8-5-14-9(16)6-13-8/h5-7,10H,2-4H2,1H3,(H,14,16)(H,18,19). The molecule has 1 aliphatic rings. The van der Waals surface area contributed by atoms with Crippen LogP contribution >= 0.6 is 0 Å². The van der Waals surface area contributed by atoms with Crippen molar-refractivity contribution in [2.75, 3.05) is 6.54 Å². The SMILES string of the molecule is CC1CCCN(C(=O)c2c[nH]c(=O)cn2)C1C(=O)O. The number of aliphatic carboxylic acids is 1. The second kappa shape index (κ2) is 5.21. The first-order chi connectivity index (χ1) is 9.00. The average molecular weight is 265 g/mol. The van der Waals surface area contributed by atoms with E-state index < -0.39 is 23.5 Å². The predicted molar refractivity (Wildman–Crippen MR) is 65.7 cm³/mol. The number of hydrogen-bond acceptors (Lipinski definition) is 4. The van der Waals surface area contributed by atoms with Crippen LogP contribution in [0.5, 0.6) is 0 Å².